The summed E-state index contributed by atoms with van der Waals surface area (Å²) >= 11 is 0. The molecule has 134 valence electrons. The van der Waals surface area contributed by atoms with Crippen molar-refractivity contribution in [3.8, 4) is 11.6 Å². The highest BCUT2D eigenvalue weighted by Crippen LogP contribution is 2.27. The average Bonchev–Trinajstić information content (AvgIpc) is 2.50. The number of rotatable bonds is 5. The number of nitrogens with zero attached hydrogens (tertiary/aromatic N) is 2. The van der Waals surface area contributed by atoms with Crippen molar-refractivity contribution < 1.29 is 31.1 Å². The van der Waals surface area contributed by atoms with E-state index < -0.39 is 22.1 Å². The van der Waals surface area contributed by atoms with Crippen LogP contribution in [0.1, 0.15) is 0 Å². The van der Waals surface area contributed by atoms with Crippen molar-refractivity contribution in [2.45, 2.75) is 17.4 Å². The molecule has 1 aliphatic heterocycles. The molecule has 0 spiro atoms. The zero-order valence-electron chi connectivity index (χ0n) is 12.7. The van der Waals surface area contributed by atoms with Gasteiger partial charge in [-0.05, 0) is 30.3 Å². The van der Waals surface area contributed by atoms with Gasteiger partial charge in [0.1, 0.15) is 11.9 Å². The average molecular weight is 374 g/mol. The molecule has 0 bridgehead atoms. The molecule has 2 aromatic rings. The normalized spacial score (nSPS) is 16.3. The van der Waals surface area contributed by atoms with Gasteiger partial charge in [0.15, 0.2) is 0 Å². The fourth-order valence-electron chi connectivity index (χ4n) is 2.22. The summed E-state index contributed by atoms with van der Waals surface area (Å²) in [5.41, 5.74) is 0. The number of hydrogen-bond donors (Lipinski definition) is 0. The molecule has 2 heterocycles. The lowest BCUT2D eigenvalue weighted by molar-refractivity contribution is -0.274. The largest absolute Gasteiger partial charge is 0.573 e. The number of benzene rings is 1. The summed E-state index contributed by atoms with van der Waals surface area (Å²) in [5.74, 6) is -0.0791. The molecule has 1 saturated heterocycles. The zero-order valence-corrected chi connectivity index (χ0v) is 13.5. The highest BCUT2D eigenvalue weighted by Gasteiger charge is 2.38. The Hall–Kier alpha value is -2.33. The smallest absolute Gasteiger partial charge is 0.472 e. The minimum absolute atomic E-state index is 0.113. The van der Waals surface area contributed by atoms with Gasteiger partial charge in [-0.1, -0.05) is 6.07 Å². The van der Waals surface area contributed by atoms with Gasteiger partial charge in [0.25, 0.3) is 0 Å². The SMILES string of the molecule is O=S(=O)(c1ccc(OC(F)(F)F)cc1)N1CC(Oc2ccccn2)C1. The van der Waals surface area contributed by atoms with E-state index in [1.807, 2.05) is 0 Å². The molecule has 3 rings (SSSR count). The second-order valence-electron chi connectivity index (χ2n) is 5.25. The van der Waals surface area contributed by atoms with E-state index in [1.165, 1.54) is 4.31 Å². The van der Waals surface area contributed by atoms with E-state index in [0.29, 0.717) is 5.88 Å². The van der Waals surface area contributed by atoms with Crippen LogP contribution in [0, 0.1) is 0 Å². The third-order valence-electron chi connectivity index (χ3n) is 3.43. The van der Waals surface area contributed by atoms with E-state index >= 15 is 0 Å². The van der Waals surface area contributed by atoms with Crippen molar-refractivity contribution in [1.29, 1.82) is 0 Å². The maximum Gasteiger partial charge on any atom is 0.573 e. The molecule has 0 aliphatic carbocycles. The molecule has 1 aromatic heterocycles. The lowest BCUT2D eigenvalue weighted by Crippen LogP contribution is -2.56. The van der Waals surface area contributed by atoms with Crippen LogP contribution in [0.5, 0.6) is 11.6 Å². The van der Waals surface area contributed by atoms with E-state index in [1.54, 1.807) is 24.4 Å². The number of halogens is 3. The van der Waals surface area contributed by atoms with Crippen LogP contribution in [0.3, 0.4) is 0 Å². The predicted octanol–water partition coefficient (Wildman–Crippen LogP) is 2.43. The summed E-state index contributed by atoms with van der Waals surface area (Å²) < 4.78 is 71.6. The van der Waals surface area contributed by atoms with Crippen LogP contribution in [0.4, 0.5) is 13.2 Å². The van der Waals surface area contributed by atoms with Crippen molar-refractivity contribution in [3.05, 3.63) is 48.7 Å². The zero-order chi connectivity index (χ0) is 18.1. The molecule has 0 N–H and O–H groups in total. The quantitative estimate of drug-likeness (QED) is 0.804. The van der Waals surface area contributed by atoms with Crippen molar-refractivity contribution in [1.82, 2.24) is 9.29 Å². The Balaban J connectivity index is 1.61. The van der Waals surface area contributed by atoms with E-state index in [9.17, 15) is 21.6 Å². The van der Waals surface area contributed by atoms with E-state index in [2.05, 4.69) is 9.72 Å². The third kappa shape index (κ3) is 4.20. The van der Waals surface area contributed by atoms with Gasteiger partial charge in [0, 0.05) is 12.3 Å². The minimum Gasteiger partial charge on any atom is -0.472 e. The van der Waals surface area contributed by atoms with E-state index in [0.717, 1.165) is 24.3 Å². The fourth-order valence-corrected chi connectivity index (χ4v) is 3.72. The molecule has 10 heteroatoms. The van der Waals surface area contributed by atoms with Crippen LogP contribution < -0.4 is 9.47 Å². The first kappa shape index (κ1) is 17.5. The van der Waals surface area contributed by atoms with Crippen LogP contribution in [0.15, 0.2) is 53.6 Å². The molecule has 1 aliphatic rings. The molecular formula is C15H13F3N2O4S. The second kappa shape index (κ2) is 6.52. The van der Waals surface area contributed by atoms with Gasteiger partial charge in [-0.15, -0.1) is 13.2 Å². The topological polar surface area (TPSA) is 68.7 Å². The highest BCUT2D eigenvalue weighted by atomic mass is 32.2. The summed E-state index contributed by atoms with van der Waals surface area (Å²) in [5, 5.41) is 0. The van der Waals surface area contributed by atoms with Gasteiger partial charge in [-0.2, -0.15) is 4.31 Å². The highest BCUT2D eigenvalue weighted by molar-refractivity contribution is 7.89. The van der Waals surface area contributed by atoms with Gasteiger partial charge in [-0.3, -0.25) is 0 Å². The van der Waals surface area contributed by atoms with E-state index in [-0.39, 0.29) is 24.1 Å². The summed E-state index contributed by atoms with van der Waals surface area (Å²) in [4.78, 5) is 3.88. The number of ether oxygens (including phenoxy) is 2. The molecule has 1 fully saturated rings. The summed E-state index contributed by atoms with van der Waals surface area (Å²) in [6.45, 7) is 0.277. The van der Waals surface area contributed by atoms with Gasteiger partial charge < -0.3 is 9.47 Å². The number of sulfonamides is 1. The number of hydrogen-bond acceptors (Lipinski definition) is 5. The van der Waals surface area contributed by atoms with Gasteiger partial charge in [0.2, 0.25) is 15.9 Å². The lowest BCUT2D eigenvalue weighted by Gasteiger charge is -2.37. The van der Waals surface area contributed by atoms with Crippen LogP contribution in [0.2, 0.25) is 0 Å². The Morgan fingerprint density at radius 2 is 1.76 bits per heavy atom. The number of aromatic nitrogens is 1. The lowest BCUT2D eigenvalue weighted by atomic mass is 10.2. The van der Waals surface area contributed by atoms with Crippen LogP contribution in [0.25, 0.3) is 0 Å². The van der Waals surface area contributed by atoms with Crippen LogP contribution >= 0.6 is 0 Å². The van der Waals surface area contributed by atoms with Crippen molar-refractivity contribution in [2.24, 2.45) is 0 Å². The summed E-state index contributed by atoms with van der Waals surface area (Å²) in [6.07, 6.45) is -3.58. The number of alkyl halides is 3. The maximum absolute atomic E-state index is 12.4. The first-order valence-corrected chi connectivity index (χ1v) is 8.62. The minimum atomic E-state index is -4.83. The van der Waals surface area contributed by atoms with Gasteiger partial charge >= 0.3 is 6.36 Å². The molecule has 0 atom stereocenters. The van der Waals surface area contributed by atoms with Gasteiger partial charge in [0.05, 0.1) is 18.0 Å². The van der Waals surface area contributed by atoms with Crippen molar-refractivity contribution in [3.63, 3.8) is 0 Å². The Labute approximate surface area is 141 Å². The molecule has 0 saturated carbocycles. The molecular weight excluding hydrogens is 361 g/mol. The Morgan fingerprint density at radius 1 is 1.08 bits per heavy atom. The molecule has 6 nitrogen and oxygen atoms in total. The number of pyridine rings is 1. The third-order valence-corrected chi connectivity index (χ3v) is 5.28. The Kier molecular flexibility index (Phi) is 4.56. The first-order chi connectivity index (χ1) is 11.7. The summed E-state index contributed by atoms with van der Waals surface area (Å²) in [7, 11) is -3.79. The molecule has 0 amide bonds. The van der Waals surface area contributed by atoms with E-state index in [4.69, 9.17) is 4.74 Å². The fraction of sp³-hybridized carbons (Fsp3) is 0.267. The Bertz CT molecular complexity index is 820. The predicted molar refractivity (Wildman–Crippen MR) is 80.5 cm³/mol. The maximum atomic E-state index is 12.4. The second-order valence-corrected chi connectivity index (χ2v) is 7.19. The molecule has 25 heavy (non-hydrogen) atoms. The van der Waals surface area contributed by atoms with Crippen LogP contribution in [-0.2, 0) is 10.0 Å². The molecule has 0 radical (unpaired) electrons. The first-order valence-electron chi connectivity index (χ1n) is 7.18. The molecule has 1 aromatic carbocycles. The molecule has 0 unspecified atom stereocenters. The van der Waals surface area contributed by atoms with Gasteiger partial charge in [-0.25, -0.2) is 13.4 Å². The van der Waals surface area contributed by atoms with Crippen molar-refractivity contribution in [2.75, 3.05) is 13.1 Å². The monoisotopic (exact) mass is 374 g/mol. The Morgan fingerprint density at radius 3 is 2.32 bits per heavy atom. The van der Waals surface area contributed by atoms with Crippen LogP contribution in [-0.4, -0.2) is 43.3 Å². The summed E-state index contributed by atoms with van der Waals surface area (Å²) in [6, 6.07) is 9.21. The van der Waals surface area contributed by atoms with Crippen molar-refractivity contribution >= 4 is 10.0 Å². The standard InChI is InChI=1S/C15H13F3N2O4S/c16-15(17,18)24-11-4-6-13(7-5-11)25(21,22)20-9-12(10-20)23-14-3-1-2-8-19-14/h1-8,12H,9-10H2.